The molecule has 0 radical (unpaired) electrons. The second-order valence-corrected chi connectivity index (χ2v) is 15.6. The van der Waals surface area contributed by atoms with Crippen molar-refractivity contribution in [2.45, 2.75) is 38.5 Å². The number of hydrogen-bond acceptors (Lipinski definition) is 26. The third-order valence-electron chi connectivity index (χ3n) is 9.62. The molecule has 2 rings (SSSR count). The maximum Gasteiger partial charge on any atom is 0.335 e. The fourth-order valence-corrected chi connectivity index (χ4v) is 5.76. The predicted octanol–water partition coefficient (Wildman–Crippen LogP) is -0.720. The van der Waals surface area contributed by atoms with Crippen molar-refractivity contribution in [2.75, 3.05) is 238 Å². The van der Waals surface area contributed by atoms with E-state index >= 15 is 0 Å². The quantitative estimate of drug-likeness (QED) is 0.0536. The van der Waals surface area contributed by atoms with Gasteiger partial charge in [-0.25, -0.2) is 9.59 Å². The molecular formula is C48H84N2O26. The molecule has 442 valence electrons. The van der Waals surface area contributed by atoms with E-state index in [1.54, 1.807) is 0 Å². The average molecular weight is 1110 g/mol. The summed E-state index contributed by atoms with van der Waals surface area (Å²) in [5.74, 6) is -3.49. The topological polar surface area (TPSA) is 293 Å². The highest BCUT2D eigenvalue weighted by molar-refractivity contribution is 6.02. The lowest BCUT2D eigenvalue weighted by molar-refractivity contribution is -0.198. The lowest BCUT2D eigenvalue weighted by atomic mass is 10.4. The van der Waals surface area contributed by atoms with Crippen LogP contribution in [-0.4, -0.2) is 284 Å². The zero-order valence-corrected chi connectivity index (χ0v) is 44.2. The van der Waals surface area contributed by atoms with E-state index in [1.165, 1.54) is 0 Å². The molecule has 2 heterocycles. The van der Waals surface area contributed by atoms with Gasteiger partial charge in [-0.2, -0.15) is 0 Å². The lowest BCUT2D eigenvalue weighted by Gasteiger charge is -2.12. The third-order valence-corrected chi connectivity index (χ3v) is 9.62. The Balaban J connectivity index is 1.11. The van der Waals surface area contributed by atoms with Gasteiger partial charge in [0, 0.05) is 25.7 Å². The van der Waals surface area contributed by atoms with Gasteiger partial charge in [-0.3, -0.25) is 19.2 Å². The van der Waals surface area contributed by atoms with E-state index in [0.29, 0.717) is 222 Å². The van der Waals surface area contributed by atoms with Gasteiger partial charge in [0.25, 0.3) is 23.6 Å². The van der Waals surface area contributed by atoms with Crippen LogP contribution in [0.25, 0.3) is 0 Å². The number of carbonyl (C=O) groups excluding carboxylic acids is 6. The summed E-state index contributed by atoms with van der Waals surface area (Å²) in [5, 5.41) is 1.03. The van der Waals surface area contributed by atoms with E-state index in [9.17, 15) is 28.8 Å². The van der Waals surface area contributed by atoms with Gasteiger partial charge < -0.3 is 94.9 Å². The molecule has 4 amide bonds. The Hall–Kier alpha value is -3.50. The first-order valence-corrected chi connectivity index (χ1v) is 25.9. The van der Waals surface area contributed by atoms with Crippen molar-refractivity contribution < 1.29 is 124 Å². The average Bonchev–Trinajstić information content (AvgIpc) is 3.90. The number of nitrogens with zero attached hydrogens (tertiary/aromatic N) is 2. The van der Waals surface area contributed by atoms with E-state index in [0.717, 1.165) is 0 Å². The standard InChI is InChI=1S/C48H84N2O26/c51-43-1-2-44(52)49(43)75-47(55)5-7-57-9-11-59-13-15-61-17-19-63-21-23-65-25-27-67-29-31-69-33-35-71-37-39-73-41-42-74-40-38-72-36-34-70-32-30-68-28-26-66-24-22-64-20-18-62-16-14-60-12-10-58-8-6-48(56)76-50-45(53)3-4-46(50)54/h1-42H2. The van der Waals surface area contributed by atoms with Crippen LogP contribution >= 0.6 is 0 Å². The van der Waals surface area contributed by atoms with Crippen LogP contribution in [0, 0.1) is 0 Å². The van der Waals surface area contributed by atoms with Gasteiger partial charge in [0.15, 0.2) is 0 Å². The van der Waals surface area contributed by atoms with Crippen LogP contribution in [0.1, 0.15) is 38.5 Å². The maximum atomic E-state index is 11.7. The zero-order chi connectivity index (χ0) is 54.5. The van der Waals surface area contributed by atoms with Crippen LogP contribution in [0.15, 0.2) is 0 Å². The zero-order valence-electron chi connectivity index (χ0n) is 44.2. The SMILES string of the molecule is O=C(CCOCCOCCOCCOCCOCCOCCOCCOCCOCCOCCOCCOCCOCCOCCOCCOCCOCCOCCC(=O)ON1C(=O)CCC1=O)ON1C(=O)CCC1=O. The summed E-state index contributed by atoms with van der Waals surface area (Å²) in [5.41, 5.74) is 0. The molecule has 28 heteroatoms. The third kappa shape index (κ3) is 42.5. The van der Waals surface area contributed by atoms with E-state index in [1.807, 2.05) is 0 Å². The van der Waals surface area contributed by atoms with Gasteiger partial charge in [-0.05, 0) is 0 Å². The van der Waals surface area contributed by atoms with Crippen molar-refractivity contribution in [2.24, 2.45) is 0 Å². The largest absolute Gasteiger partial charge is 0.378 e. The molecule has 0 aromatic rings. The van der Waals surface area contributed by atoms with Crippen molar-refractivity contribution >= 4 is 35.6 Å². The molecule has 0 aromatic heterocycles. The molecule has 2 saturated heterocycles. The van der Waals surface area contributed by atoms with Gasteiger partial charge >= 0.3 is 11.9 Å². The first-order valence-electron chi connectivity index (χ1n) is 25.9. The first-order chi connectivity index (χ1) is 37.4. The van der Waals surface area contributed by atoms with Gasteiger partial charge in [-0.15, -0.1) is 10.1 Å². The minimum Gasteiger partial charge on any atom is -0.378 e. The summed E-state index contributed by atoms with van der Waals surface area (Å²) >= 11 is 0. The van der Waals surface area contributed by atoms with Crippen LogP contribution in [-0.2, 0) is 124 Å². The number of rotatable bonds is 59. The van der Waals surface area contributed by atoms with Crippen molar-refractivity contribution in [1.82, 2.24) is 10.1 Å². The molecule has 0 bridgehead atoms. The van der Waals surface area contributed by atoms with Gasteiger partial charge in [0.05, 0.1) is 251 Å². The van der Waals surface area contributed by atoms with Gasteiger partial charge in [0.1, 0.15) is 0 Å². The molecule has 0 atom stereocenters. The molecule has 0 saturated carbocycles. The van der Waals surface area contributed by atoms with Crippen LogP contribution < -0.4 is 0 Å². The number of hydroxylamine groups is 4. The summed E-state index contributed by atoms with van der Waals surface area (Å²) in [6.07, 6.45) is 0.0335. The molecule has 0 N–H and O–H groups in total. The second kappa shape index (κ2) is 52.2. The number of ether oxygens (including phenoxy) is 18. The van der Waals surface area contributed by atoms with Crippen molar-refractivity contribution in [3.8, 4) is 0 Å². The Morgan fingerprint density at radius 3 is 0.474 bits per heavy atom. The highest BCUT2D eigenvalue weighted by Gasteiger charge is 2.33. The van der Waals surface area contributed by atoms with Crippen molar-refractivity contribution in [3.05, 3.63) is 0 Å². The molecule has 76 heavy (non-hydrogen) atoms. The van der Waals surface area contributed by atoms with Gasteiger partial charge in [0.2, 0.25) is 0 Å². The maximum absolute atomic E-state index is 11.7. The Labute approximate surface area is 445 Å². The molecule has 2 aliphatic rings. The van der Waals surface area contributed by atoms with Crippen molar-refractivity contribution in [1.29, 1.82) is 0 Å². The Morgan fingerprint density at radius 1 is 0.224 bits per heavy atom. The van der Waals surface area contributed by atoms with Gasteiger partial charge in [-0.1, -0.05) is 0 Å². The van der Waals surface area contributed by atoms with Crippen LogP contribution in [0.2, 0.25) is 0 Å². The van der Waals surface area contributed by atoms with E-state index in [2.05, 4.69) is 0 Å². The summed E-state index contributed by atoms with van der Waals surface area (Å²) in [6, 6.07) is 0. The second-order valence-electron chi connectivity index (χ2n) is 15.6. The Kier molecular flexibility index (Phi) is 47.1. The van der Waals surface area contributed by atoms with Crippen LogP contribution in [0.3, 0.4) is 0 Å². The first kappa shape index (κ1) is 68.6. The number of amides is 4. The molecule has 0 aliphatic carbocycles. The summed E-state index contributed by atoms with van der Waals surface area (Å²) in [6.45, 7) is 14.7. The molecular weight excluding hydrogens is 1020 g/mol. The molecule has 0 spiro atoms. The minimum atomic E-state index is -0.707. The fourth-order valence-electron chi connectivity index (χ4n) is 5.76. The molecule has 2 aliphatic heterocycles. The van der Waals surface area contributed by atoms with E-state index in [-0.39, 0.29) is 65.0 Å². The van der Waals surface area contributed by atoms with E-state index in [4.69, 9.17) is 94.9 Å². The van der Waals surface area contributed by atoms with Crippen LogP contribution in [0.5, 0.6) is 0 Å². The summed E-state index contributed by atoms with van der Waals surface area (Å²) in [4.78, 5) is 78.6. The van der Waals surface area contributed by atoms with E-state index < -0.39 is 35.6 Å². The summed E-state index contributed by atoms with van der Waals surface area (Å²) < 4.78 is 98.1. The number of carbonyl (C=O) groups is 6. The Bertz CT molecular complexity index is 1320. The highest BCUT2D eigenvalue weighted by Crippen LogP contribution is 2.13. The lowest BCUT2D eigenvalue weighted by Crippen LogP contribution is -2.32. The monoisotopic (exact) mass is 1100 g/mol. The molecule has 2 fully saturated rings. The Morgan fingerprint density at radius 2 is 0.342 bits per heavy atom. The normalized spacial score (nSPS) is 13.8. The summed E-state index contributed by atoms with van der Waals surface area (Å²) in [7, 11) is 0. The number of imide groups is 2. The fraction of sp³-hybridized carbons (Fsp3) is 0.875. The molecule has 28 nitrogen and oxygen atoms in total. The molecule has 0 unspecified atom stereocenters. The highest BCUT2D eigenvalue weighted by atomic mass is 16.7. The smallest absolute Gasteiger partial charge is 0.335 e. The number of hydrogen-bond donors (Lipinski definition) is 0. The van der Waals surface area contributed by atoms with Crippen molar-refractivity contribution in [3.63, 3.8) is 0 Å². The predicted molar refractivity (Wildman–Crippen MR) is 258 cm³/mol. The minimum absolute atomic E-state index is 0.0505. The van der Waals surface area contributed by atoms with Crippen LogP contribution in [0.4, 0.5) is 0 Å². The molecule has 0 aromatic carbocycles.